The van der Waals surface area contributed by atoms with Crippen molar-refractivity contribution in [1.82, 2.24) is 4.31 Å². The van der Waals surface area contributed by atoms with Crippen molar-refractivity contribution >= 4 is 27.2 Å². The lowest BCUT2D eigenvalue weighted by atomic mass is 10.2. The van der Waals surface area contributed by atoms with Gasteiger partial charge in [-0.3, -0.25) is 0 Å². The van der Waals surface area contributed by atoms with Crippen LogP contribution in [0.5, 0.6) is 0 Å². The zero-order valence-corrected chi connectivity index (χ0v) is 13.1. The van der Waals surface area contributed by atoms with Gasteiger partial charge in [-0.25, -0.2) is 8.42 Å². The SMILES string of the molecule is CCC(C)N(CC)S(=O)(=O)c1ccc(C(N)=S)cc1. The number of sulfonamides is 1. The molecule has 1 rings (SSSR count). The Kier molecular flexibility index (Phi) is 5.46. The molecule has 1 unspecified atom stereocenters. The lowest BCUT2D eigenvalue weighted by Gasteiger charge is -2.26. The Morgan fingerprint density at radius 3 is 2.21 bits per heavy atom. The summed E-state index contributed by atoms with van der Waals surface area (Å²) >= 11 is 4.85. The van der Waals surface area contributed by atoms with Crippen molar-refractivity contribution in [1.29, 1.82) is 0 Å². The molecule has 0 amide bonds. The molecule has 4 nitrogen and oxygen atoms in total. The summed E-state index contributed by atoms with van der Waals surface area (Å²) in [5.74, 6) is 0. The first-order valence-corrected chi connectivity index (χ1v) is 8.11. The Morgan fingerprint density at radius 1 is 1.32 bits per heavy atom. The molecule has 19 heavy (non-hydrogen) atoms. The van der Waals surface area contributed by atoms with Crippen LogP contribution in [0.2, 0.25) is 0 Å². The molecule has 0 saturated heterocycles. The van der Waals surface area contributed by atoms with Gasteiger partial charge in [-0.05, 0) is 25.5 Å². The molecular weight excluding hydrogens is 280 g/mol. The van der Waals surface area contributed by atoms with Crippen molar-refractivity contribution in [3.05, 3.63) is 29.8 Å². The third kappa shape index (κ3) is 3.52. The van der Waals surface area contributed by atoms with Gasteiger partial charge in [0.05, 0.1) is 4.90 Å². The van der Waals surface area contributed by atoms with E-state index in [0.29, 0.717) is 12.1 Å². The average Bonchev–Trinajstić information content (AvgIpc) is 2.39. The first kappa shape index (κ1) is 16.1. The maximum Gasteiger partial charge on any atom is 0.243 e. The van der Waals surface area contributed by atoms with Crippen LogP contribution in [0.1, 0.15) is 32.8 Å². The van der Waals surface area contributed by atoms with Crippen molar-refractivity contribution in [2.45, 2.75) is 38.1 Å². The number of thiocarbonyl (C=S) groups is 1. The Balaban J connectivity index is 3.15. The summed E-state index contributed by atoms with van der Waals surface area (Å²) < 4.78 is 26.5. The average molecular weight is 300 g/mol. The molecule has 6 heteroatoms. The minimum atomic E-state index is -3.46. The molecule has 0 aliphatic carbocycles. The van der Waals surface area contributed by atoms with E-state index in [2.05, 4.69) is 0 Å². The molecule has 0 spiro atoms. The first-order valence-electron chi connectivity index (χ1n) is 6.26. The van der Waals surface area contributed by atoms with Crippen molar-refractivity contribution in [3.8, 4) is 0 Å². The van der Waals surface area contributed by atoms with Gasteiger partial charge in [0.15, 0.2) is 0 Å². The van der Waals surface area contributed by atoms with Crippen LogP contribution in [0.4, 0.5) is 0 Å². The molecule has 0 aliphatic rings. The van der Waals surface area contributed by atoms with Gasteiger partial charge in [0.1, 0.15) is 4.99 Å². The molecule has 0 aromatic heterocycles. The second-order valence-electron chi connectivity index (χ2n) is 4.35. The molecule has 1 atom stereocenters. The molecule has 0 fully saturated rings. The van der Waals surface area contributed by atoms with Crippen LogP contribution < -0.4 is 5.73 Å². The molecule has 0 heterocycles. The van der Waals surface area contributed by atoms with Gasteiger partial charge >= 0.3 is 0 Å². The van der Waals surface area contributed by atoms with Crippen LogP contribution >= 0.6 is 12.2 Å². The summed E-state index contributed by atoms with van der Waals surface area (Å²) in [5, 5.41) is 0. The number of benzene rings is 1. The van der Waals surface area contributed by atoms with Crippen LogP contribution in [0.25, 0.3) is 0 Å². The van der Waals surface area contributed by atoms with E-state index in [1.54, 1.807) is 24.3 Å². The van der Waals surface area contributed by atoms with Crippen molar-refractivity contribution < 1.29 is 8.42 Å². The zero-order chi connectivity index (χ0) is 14.6. The van der Waals surface area contributed by atoms with E-state index in [1.807, 2.05) is 20.8 Å². The molecule has 0 saturated carbocycles. The minimum Gasteiger partial charge on any atom is -0.389 e. The molecule has 0 bridgehead atoms. The van der Waals surface area contributed by atoms with Gasteiger partial charge < -0.3 is 5.73 Å². The van der Waals surface area contributed by atoms with E-state index in [1.165, 1.54) is 4.31 Å². The van der Waals surface area contributed by atoms with Gasteiger partial charge in [-0.2, -0.15) is 4.31 Å². The van der Waals surface area contributed by atoms with E-state index < -0.39 is 10.0 Å². The predicted octanol–water partition coefficient (Wildman–Crippen LogP) is 2.13. The lowest BCUT2D eigenvalue weighted by Crippen LogP contribution is -2.38. The Labute approximate surface area is 120 Å². The highest BCUT2D eigenvalue weighted by Crippen LogP contribution is 2.19. The molecule has 0 aliphatic heterocycles. The molecule has 0 radical (unpaired) electrons. The van der Waals surface area contributed by atoms with Gasteiger partial charge in [-0.15, -0.1) is 0 Å². The van der Waals surface area contributed by atoms with E-state index in [0.717, 1.165) is 6.42 Å². The summed E-state index contributed by atoms with van der Waals surface area (Å²) in [6.45, 7) is 6.17. The molecule has 1 aromatic carbocycles. The molecular formula is C13H20N2O2S2. The second kappa shape index (κ2) is 6.45. The molecule has 1 aromatic rings. The number of hydrogen-bond acceptors (Lipinski definition) is 3. The zero-order valence-electron chi connectivity index (χ0n) is 11.5. The molecule has 2 N–H and O–H groups in total. The summed E-state index contributed by atoms with van der Waals surface area (Å²) in [5.41, 5.74) is 6.17. The fourth-order valence-corrected chi connectivity index (χ4v) is 3.70. The van der Waals surface area contributed by atoms with Gasteiger partial charge in [-0.1, -0.05) is 38.2 Å². The quantitative estimate of drug-likeness (QED) is 0.818. The molecule has 106 valence electrons. The fraction of sp³-hybridized carbons (Fsp3) is 0.462. The highest BCUT2D eigenvalue weighted by molar-refractivity contribution is 7.89. The first-order chi connectivity index (χ1) is 8.84. The standard InChI is InChI=1S/C13H20N2O2S2/c1-4-10(3)15(5-2)19(16,17)12-8-6-11(7-9-12)13(14)18/h6-10H,4-5H2,1-3H3,(H2,14,18). The highest BCUT2D eigenvalue weighted by Gasteiger charge is 2.26. The summed E-state index contributed by atoms with van der Waals surface area (Å²) in [6.07, 6.45) is 0.776. The minimum absolute atomic E-state index is 0.0229. The van der Waals surface area contributed by atoms with Gasteiger partial charge in [0.25, 0.3) is 0 Å². The monoisotopic (exact) mass is 300 g/mol. The Hall–Kier alpha value is -0.980. The van der Waals surface area contributed by atoms with Crippen molar-refractivity contribution in [3.63, 3.8) is 0 Å². The van der Waals surface area contributed by atoms with Crippen LogP contribution in [-0.4, -0.2) is 30.3 Å². The normalized spacial score (nSPS) is 13.5. The van der Waals surface area contributed by atoms with Crippen molar-refractivity contribution in [2.24, 2.45) is 5.73 Å². The summed E-state index contributed by atoms with van der Waals surface area (Å²) in [4.78, 5) is 0.535. The maximum absolute atomic E-state index is 12.5. The Bertz CT molecular complexity index is 538. The van der Waals surface area contributed by atoms with Crippen molar-refractivity contribution in [2.75, 3.05) is 6.54 Å². The topological polar surface area (TPSA) is 63.4 Å². The number of nitrogens with two attached hydrogens (primary N) is 1. The fourth-order valence-electron chi connectivity index (χ4n) is 1.85. The van der Waals surface area contributed by atoms with E-state index in [-0.39, 0.29) is 15.9 Å². The number of hydrogen-bond donors (Lipinski definition) is 1. The van der Waals surface area contributed by atoms with E-state index in [4.69, 9.17) is 18.0 Å². The second-order valence-corrected chi connectivity index (χ2v) is 6.68. The van der Waals surface area contributed by atoms with Crippen LogP contribution in [-0.2, 0) is 10.0 Å². The largest absolute Gasteiger partial charge is 0.389 e. The summed E-state index contributed by atoms with van der Waals surface area (Å²) in [7, 11) is -3.46. The predicted molar refractivity (Wildman–Crippen MR) is 81.6 cm³/mol. The van der Waals surface area contributed by atoms with Gasteiger partial charge in [0, 0.05) is 18.2 Å². The number of nitrogens with zero attached hydrogens (tertiary/aromatic N) is 1. The Morgan fingerprint density at radius 2 is 1.84 bits per heavy atom. The van der Waals surface area contributed by atoms with E-state index >= 15 is 0 Å². The maximum atomic E-state index is 12.5. The van der Waals surface area contributed by atoms with Gasteiger partial charge in [0.2, 0.25) is 10.0 Å². The van der Waals surface area contributed by atoms with Crippen LogP contribution in [0.15, 0.2) is 29.2 Å². The van der Waals surface area contributed by atoms with Crippen LogP contribution in [0, 0.1) is 0 Å². The van der Waals surface area contributed by atoms with Crippen LogP contribution in [0.3, 0.4) is 0 Å². The third-order valence-corrected chi connectivity index (χ3v) is 5.48. The highest BCUT2D eigenvalue weighted by atomic mass is 32.2. The lowest BCUT2D eigenvalue weighted by molar-refractivity contribution is 0.342. The van der Waals surface area contributed by atoms with E-state index in [9.17, 15) is 8.42 Å². The summed E-state index contributed by atoms with van der Waals surface area (Å²) in [6, 6.07) is 6.36. The third-order valence-electron chi connectivity index (χ3n) is 3.14. The number of rotatable bonds is 6. The smallest absolute Gasteiger partial charge is 0.243 e.